The molecule has 0 saturated heterocycles. The molecule has 5 rings (SSSR count). The van der Waals surface area contributed by atoms with Crippen LogP contribution in [-0.2, 0) is 16.9 Å². The number of pyridine rings is 2. The SMILES string of the molecule is CCC1(O)CC(=O)Oc2c1cc1n(c2=O)Cc2cc3ccccc3nc2-1. The first-order valence-electron chi connectivity index (χ1n) is 8.60. The van der Waals surface area contributed by atoms with Gasteiger partial charge < -0.3 is 9.84 Å². The summed E-state index contributed by atoms with van der Waals surface area (Å²) in [6.45, 7) is 2.16. The maximum Gasteiger partial charge on any atom is 0.314 e. The Hall–Kier alpha value is -2.99. The Morgan fingerprint density at radius 1 is 1.27 bits per heavy atom. The molecule has 6 heteroatoms. The molecule has 1 unspecified atom stereocenters. The van der Waals surface area contributed by atoms with Gasteiger partial charge in [0.15, 0.2) is 0 Å². The molecule has 26 heavy (non-hydrogen) atoms. The maximum absolute atomic E-state index is 13.0. The van der Waals surface area contributed by atoms with Crippen LogP contribution in [0, 0.1) is 0 Å². The molecule has 2 aliphatic rings. The van der Waals surface area contributed by atoms with Crippen LogP contribution in [-0.4, -0.2) is 20.6 Å². The third-order valence-electron chi connectivity index (χ3n) is 5.37. The number of aromatic nitrogens is 2. The van der Waals surface area contributed by atoms with Crippen molar-refractivity contribution in [3.63, 3.8) is 0 Å². The van der Waals surface area contributed by atoms with Crippen molar-refractivity contribution in [3.05, 3.63) is 57.9 Å². The summed E-state index contributed by atoms with van der Waals surface area (Å²) in [6, 6.07) is 11.6. The number of hydrogen-bond donors (Lipinski definition) is 1. The molecule has 0 spiro atoms. The van der Waals surface area contributed by atoms with Crippen LogP contribution in [0.1, 0.15) is 30.9 Å². The minimum Gasteiger partial charge on any atom is -0.420 e. The highest BCUT2D eigenvalue weighted by molar-refractivity contribution is 5.84. The average molecular weight is 348 g/mol. The molecule has 4 heterocycles. The van der Waals surface area contributed by atoms with Crippen molar-refractivity contribution in [1.82, 2.24) is 9.55 Å². The van der Waals surface area contributed by atoms with Gasteiger partial charge in [0, 0.05) is 16.5 Å². The normalized spacial score (nSPS) is 20.5. The summed E-state index contributed by atoms with van der Waals surface area (Å²) >= 11 is 0. The van der Waals surface area contributed by atoms with E-state index >= 15 is 0 Å². The van der Waals surface area contributed by atoms with E-state index in [-0.39, 0.29) is 12.2 Å². The monoisotopic (exact) mass is 348 g/mol. The van der Waals surface area contributed by atoms with Gasteiger partial charge in [-0.15, -0.1) is 0 Å². The van der Waals surface area contributed by atoms with Gasteiger partial charge in [0.1, 0.15) is 5.60 Å². The van der Waals surface area contributed by atoms with Crippen LogP contribution < -0.4 is 10.3 Å². The van der Waals surface area contributed by atoms with Crippen LogP contribution >= 0.6 is 0 Å². The van der Waals surface area contributed by atoms with Crippen molar-refractivity contribution in [2.45, 2.75) is 31.9 Å². The zero-order chi connectivity index (χ0) is 18.1. The highest BCUT2D eigenvalue weighted by atomic mass is 16.5. The van der Waals surface area contributed by atoms with Gasteiger partial charge in [-0.05, 0) is 24.6 Å². The molecular weight excluding hydrogens is 332 g/mol. The predicted octanol–water partition coefficient (Wildman–Crippen LogP) is 2.33. The summed E-state index contributed by atoms with van der Waals surface area (Å²) in [5, 5.41) is 11.9. The van der Waals surface area contributed by atoms with E-state index in [1.807, 2.05) is 30.3 Å². The fraction of sp³-hybridized carbons (Fsp3) is 0.250. The fourth-order valence-corrected chi connectivity index (χ4v) is 3.90. The van der Waals surface area contributed by atoms with Crippen LogP contribution in [0.25, 0.3) is 22.3 Å². The second-order valence-corrected chi connectivity index (χ2v) is 6.89. The Morgan fingerprint density at radius 3 is 2.88 bits per heavy atom. The van der Waals surface area contributed by atoms with Gasteiger partial charge in [-0.3, -0.25) is 14.2 Å². The van der Waals surface area contributed by atoms with Crippen molar-refractivity contribution in [3.8, 4) is 17.1 Å². The molecule has 130 valence electrons. The molecule has 0 aliphatic carbocycles. The van der Waals surface area contributed by atoms with Crippen LogP contribution in [0.4, 0.5) is 0 Å². The zero-order valence-corrected chi connectivity index (χ0v) is 14.2. The number of carbonyl (C=O) groups excluding carboxylic acids is 1. The Morgan fingerprint density at radius 2 is 2.08 bits per heavy atom. The summed E-state index contributed by atoms with van der Waals surface area (Å²) < 4.78 is 6.77. The second-order valence-electron chi connectivity index (χ2n) is 6.89. The smallest absolute Gasteiger partial charge is 0.314 e. The van der Waals surface area contributed by atoms with Gasteiger partial charge >= 0.3 is 5.97 Å². The Bertz CT molecular complexity index is 1160. The molecule has 0 saturated carbocycles. The maximum atomic E-state index is 13.0. The van der Waals surface area contributed by atoms with Crippen molar-refractivity contribution in [2.24, 2.45) is 0 Å². The minimum atomic E-state index is -1.39. The van der Waals surface area contributed by atoms with E-state index in [0.717, 1.165) is 22.2 Å². The van der Waals surface area contributed by atoms with Crippen LogP contribution in [0.2, 0.25) is 0 Å². The quantitative estimate of drug-likeness (QED) is 0.534. The number of fused-ring (bicyclic) bond motifs is 5. The van der Waals surface area contributed by atoms with E-state index in [9.17, 15) is 14.7 Å². The number of para-hydroxylation sites is 1. The molecule has 1 atom stereocenters. The lowest BCUT2D eigenvalue weighted by Crippen LogP contribution is -2.39. The number of rotatable bonds is 1. The van der Waals surface area contributed by atoms with E-state index in [1.165, 1.54) is 0 Å². The summed E-state index contributed by atoms with van der Waals surface area (Å²) in [5.41, 5.74) is 1.76. The van der Waals surface area contributed by atoms with E-state index in [4.69, 9.17) is 9.72 Å². The highest BCUT2D eigenvalue weighted by Gasteiger charge is 2.42. The number of esters is 1. The van der Waals surface area contributed by atoms with E-state index in [2.05, 4.69) is 0 Å². The van der Waals surface area contributed by atoms with Gasteiger partial charge in [0.2, 0.25) is 5.75 Å². The molecular formula is C20H16N2O4. The van der Waals surface area contributed by atoms with E-state index < -0.39 is 17.1 Å². The number of aliphatic hydroxyl groups is 1. The van der Waals surface area contributed by atoms with Crippen molar-refractivity contribution >= 4 is 16.9 Å². The Labute approximate surface area is 148 Å². The van der Waals surface area contributed by atoms with Crippen LogP contribution in [0.15, 0.2) is 41.2 Å². The number of nitrogens with zero attached hydrogens (tertiary/aromatic N) is 2. The molecule has 1 aromatic carbocycles. The highest BCUT2D eigenvalue weighted by Crippen LogP contribution is 2.41. The van der Waals surface area contributed by atoms with Gasteiger partial charge in [-0.1, -0.05) is 25.1 Å². The minimum absolute atomic E-state index is 0.0632. The third-order valence-corrected chi connectivity index (χ3v) is 5.37. The first-order valence-corrected chi connectivity index (χ1v) is 8.60. The fourth-order valence-electron chi connectivity index (χ4n) is 3.90. The topological polar surface area (TPSA) is 81.4 Å². The first-order chi connectivity index (χ1) is 12.5. The lowest BCUT2D eigenvalue weighted by atomic mass is 9.85. The number of carbonyl (C=O) groups is 1. The van der Waals surface area contributed by atoms with E-state index in [1.54, 1.807) is 17.6 Å². The molecule has 3 aromatic rings. The van der Waals surface area contributed by atoms with Crippen molar-refractivity contribution in [2.75, 3.05) is 0 Å². The molecule has 0 amide bonds. The molecule has 2 aromatic heterocycles. The van der Waals surface area contributed by atoms with Gasteiger partial charge in [-0.25, -0.2) is 4.98 Å². The lowest BCUT2D eigenvalue weighted by Gasteiger charge is -2.32. The number of ether oxygens (including phenoxy) is 1. The molecule has 0 radical (unpaired) electrons. The second kappa shape index (κ2) is 5.02. The van der Waals surface area contributed by atoms with Crippen molar-refractivity contribution in [1.29, 1.82) is 0 Å². The predicted molar refractivity (Wildman–Crippen MR) is 95.0 cm³/mol. The van der Waals surface area contributed by atoms with Crippen LogP contribution in [0.5, 0.6) is 5.75 Å². The van der Waals surface area contributed by atoms with Crippen molar-refractivity contribution < 1.29 is 14.6 Å². The lowest BCUT2D eigenvalue weighted by molar-refractivity contribution is -0.143. The summed E-state index contributed by atoms with van der Waals surface area (Å²) in [7, 11) is 0. The van der Waals surface area contributed by atoms with Crippen LogP contribution in [0.3, 0.4) is 0 Å². The summed E-state index contributed by atoms with van der Waals surface area (Å²) in [6.07, 6.45) is 0.160. The molecule has 2 aliphatic heterocycles. The number of benzene rings is 1. The summed E-state index contributed by atoms with van der Waals surface area (Å²) in [4.78, 5) is 29.6. The van der Waals surface area contributed by atoms with Gasteiger partial charge in [0.25, 0.3) is 5.56 Å². The third kappa shape index (κ3) is 1.93. The Kier molecular flexibility index (Phi) is 2.95. The largest absolute Gasteiger partial charge is 0.420 e. The zero-order valence-electron chi connectivity index (χ0n) is 14.2. The molecule has 0 fully saturated rings. The van der Waals surface area contributed by atoms with Gasteiger partial charge in [-0.2, -0.15) is 0 Å². The standard InChI is InChI=1S/C20H16N2O4/c1-2-20(25)9-16(23)26-18-13(20)8-15-17-12(10-22(15)19(18)24)7-11-5-3-4-6-14(11)21-17/h3-8,25H,2,9-10H2,1H3. The Balaban J connectivity index is 1.81. The van der Waals surface area contributed by atoms with E-state index in [0.29, 0.717) is 24.2 Å². The number of hydrogen-bond acceptors (Lipinski definition) is 5. The molecule has 6 nitrogen and oxygen atoms in total. The summed E-state index contributed by atoms with van der Waals surface area (Å²) in [5.74, 6) is -0.648. The molecule has 1 N–H and O–H groups in total. The van der Waals surface area contributed by atoms with Gasteiger partial charge in [0.05, 0.1) is 29.9 Å². The first kappa shape index (κ1) is 15.3. The average Bonchev–Trinajstić information content (AvgIpc) is 2.99. The molecule has 0 bridgehead atoms.